The number of rotatable bonds is 4. The van der Waals surface area contributed by atoms with Gasteiger partial charge in [-0.2, -0.15) is 0 Å². The lowest BCUT2D eigenvalue weighted by Gasteiger charge is -1.99. The van der Waals surface area contributed by atoms with E-state index < -0.39 is 0 Å². The lowest BCUT2D eigenvalue weighted by atomic mass is 10.5. The maximum absolute atomic E-state index is 11.2. The second-order valence-corrected chi connectivity index (χ2v) is 2.49. The van der Waals surface area contributed by atoms with Crippen LogP contribution in [0.3, 0.4) is 0 Å². The number of methoxy groups -OCH3 is 1. The van der Waals surface area contributed by atoms with E-state index in [1.54, 1.807) is 14.0 Å². The number of amides is 1. The summed E-state index contributed by atoms with van der Waals surface area (Å²) in [4.78, 5) is 15.1. The second kappa shape index (κ2) is 4.56. The van der Waals surface area contributed by atoms with Gasteiger partial charge in [-0.25, -0.2) is 4.98 Å². The largest absolute Gasteiger partial charge is 0.383 e. The molecule has 0 saturated heterocycles. The van der Waals surface area contributed by atoms with Crippen LogP contribution < -0.4 is 5.32 Å². The molecule has 0 spiro atoms. The fourth-order valence-corrected chi connectivity index (χ4v) is 0.790. The van der Waals surface area contributed by atoms with Gasteiger partial charge in [-0.1, -0.05) is 0 Å². The van der Waals surface area contributed by atoms with Gasteiger partial charge in [0, 0.05) is 13.7 Å². The van der Waals surface area contributed by atoms with Gasteiger partial charge in [-0.15, -0.1) is 5.10 Å². The minimum atomic E-state index is -0.290. The Bertz CT molecular complexity index is 284. The number of carbonyl (C=O) groups is 1. The molecule has 6 heteroatoms. The number of H-pyrrole nitrogens is 1. The molecule has 1 rings (SSSR count). The van der Waals surface area contributed by atoms with Crippen molar-refractivity contribution in [3.8, 4) is 0 Å². The molecular weight excluding hydrogens is 172 g/mol. The molecule has 0 saturated carbocycles. The number of carbonyl (C=O) groups excluding carboxylic acids is 1. The molecule has 1 aromatic heterocycles. The molecule has 0 aliphatic heterocycles. The summed E-state index contributed by atoms with van der Waals surface area (Å²) in [7, 11) is 1.57. The number of hydrogen-bond acceptors (Lipinski definition) is 4. The maximum atomic E-state index is 11.2. The Morgan fingerprint density at radius 3 is 3.00 bits per heavy atom. The van der Waals surface area contributed by atoms with Crippen molar-refractivity contribution in [1.82, 2.24) is 20.5 Å². The number of nitrogens with one attached hydrogen (secondary N) is 2. The first kappa shape index (κ1) is 9.66. The first-order chi connectivity index (χ1) is 6.24. The summed E-state index contributed by atoms with van der Waals surface area (Å²) in [5, 5.41) is 8.90. The molecule has 1 heterocycles. The molecule has 1 aromatic rings. The van der Waals surface area contributed by atoms with E-state index in [-0.39, 0.29) is 11.7 Å². The Labute approximate surface area is 75.7 Å². The lowest BCUT2D eigenvalue weighted by Crippen LogP contribution is -2.27. The Morgan fingerprint density at radius 2 is 2.46 bits per heavy atom. The number of ether oxygens (including phenoxy) is 1. The van der Waals surface area contributed by atoms with Crippen molar-refractivity contribution in [2.24, 2.45) is 0 Å². The molecule has 0 atom stereocenters. The Morgan fingerprint density at radius 1 is 1.69 bits per heavy atom. The number of aromatic amines is 1. The zero-order valence-electron chi connectivity index (χ0n) is 7.63. The van der Waals surface area contributed by atoms with Crippen LogP contribution in [0.1, 0.15) is 16.4 Å². The van der Waals surface area contributed by atoms with Crippen molar-refractivity contribution in [2.45, 2.75) is 6.92 Å². The predicted molar refractivity (Wildman–Crippen MR) is 45.3 cm³/mol. The highest BCUT2D eigenvalue weighted by molar-refractivity contribution is 5.90. The molecule has 0 aromatic carbocycles. The minimum absolute atomic E-state index is 0.161. The summed E-state index contributed by atoms with van der Waals surface area (Å²) >= 11 is 0. The van der Waals surface area contributed by atoms with Crippen LogP contribution in [0.15, 0.2) is 0 Å². The SMILES string of the molecule is COCCNC(=O)c1n[nH]c(C)n1. The first-order valence-electron chi connectivity index (χ1n) is 3.90. The highest BCUT2D eigenvalue weighted by Crippen LogP contribution is 1.89. The number of aromatic nitrogens is 3. The Balaban J connectivity index is 2.40. The van der Waals surface area contributed by atoms with E-state index in [0.29, 0.717) is 19.0 Å². The van der Waals surface area contributed by atoms with Gasteiger partial charge >= 0.3 is 0 Å². The van der Waals surface area contributed by atoms with Crippen LogP contribution in [-0.2, 0) is 4.74 Å². The quantitative estimate of drug-likeness (QED) is 0.617. The van der Waals surface area contributed by atoms with Crippen LogP contribution in [0.5, 0.6) is 0 Å². The third-order valence-corrected chi connectivity index (χ3v) is 1.39. The van der Waals surface area contributed by atoms with Gasteiger partial charge in [-0.3, -0.25) is 9.89 Å². The van der Waals surface area contributed by atoms with Crippen molar-refractivity contribution in [3.05, 3.63) is 11.6 Å². The van der Waals surface area contributed by atoms with Crippen LogP contribution in [-0.4, -0.2) is 41.3 Å². The van der Waals surface area contributed by atoms with Crippen LogP contribution in [0.4, 0.5) is 0 Å². The van der Waals surface area contributed by atoms with Crippen molar-refractivity contribution in [2.75, 3.05) is 20.3 Å². The molecule has 13 heavy (non-hydrogen) atoms. The molecule has 72 valence electrons. The summed E-state index contributed by atoms with van der Waals surface area (Å²) in [6.07, 6.45) is 0. The first-order valence-corrected chi connectivity index (χ1v) is 3.90. The zero-order valence-corrected chi connectivity index (χ0v) is 7.63. The molecule has 0 fully saturated rings. The third-order valence-electron chi connectivity index (χ3n) is 1.39. The van der Waals surface area contributed by atoms with E-state index in [2.05, 4.69) is 20.5 Å². The lowest BCUT2D eigenvalue weighted by molar-refractivity contribution is 0.0927. The topological polar surface area (TPSA) is 79.9 Å². The fourth-order valence-electron chi connectivity index (χ4n) is 0.790. The monoisotopic (exact) mass is 184 g/mol. The molecule has 6 nitrogen and oxygen atoms in total. The highest BCUT2D eigenvalue weighted by Gasteiger charge is 2.09. The van der Waals surface area contributed by atoms with E-state index in [0.717, 1.165) is 0 Å². The van der Waals surface area contributed by atoms with Crippen LogP contribution in [0.2, 0.25) is 0 Å². The maximum Gasteiger partial charge on any atom is 0.291 e. The van der Waals surface area contributed by atoms with Crippen molar-refractivity contribution in [1.29, 1.82) is 0 Å². The molecule has 0 unspecified atom stereocenters. The van der Waals surface area contributed by atoms with Crippen LogP contribution >= 0.6 is 0 Å². The highest BCUT2D eigenvalue weighted by atomic mass is 16.5. The normalized spacial score (nSPS) is 10.0. The van der Waals surface area contributed by atoms with Crippen molar-refractivity contribution in [3.63, 3.8) is 0 Å². The summed E-state index contributed by atoms with van der Waals surface area (Å²) < 4.78 is 4.77. The average Bonchev–Trinajstić information content (AvgIpc) is 2.52. The smallest absolute Gasteiger partial charge is 0.291 e. The Kier molecular flexibility index (Phi) is 3.39. The van der Waals surface area contributed by atoms with Gasteiger partial charge in [0.1, 0.15) is 5.82 Å². The molecular formula is C7H12N4O2. The van der Waals surface area contributed by atoms with Gasteiger partial charge in [-0.05, 0) is 6.92 Å². The van der Waals surface area contributed by atoms with Gasteiger partial charge in [0.15, 0.2) is 0 Å². The number of hydrogen-bond donors (Lipinski definition) is 2. The van der Waals surface area contributed by atoms with Gasteiger partial charge in [0.05, 0.1) is 6.61 Å². The molecule has 0 bridgehead atoms. The number of nitrogens with zero attached hydrogens (tertiary/aromatic N) is 2. The van der Waals surface area contributed by atoms with E-state index >= 15 is 0 Å². The van der Waals surface area contributed by atoms with Crippen molar-refractivity contribution >= 4 is 5.91 Å². The zero-order chi connectivity index (χ0) is 9.68. The predicted octanol–water partition coefficient (Wildman–Crippen LogP) is -0.511. The molecule has 2 N–H and O–H groups in total. The number of aryl methyl sites for hydroxylation is 1. The Hall–Kier alpha value is -1.43. The van der Waals surface area contributed by atoms with E-state index in [9.17, 15) is 4.79 Å². The average molecular weight is 184 g/mol. The van der Waals surface area contributed by atoms with E-state index in [4.69, 9.17) is 4.74 Å². The van der Waals surface area contributed by atoms with Crippen molar-refractivity contribution < 1.29 is 9.53 Å². The van der Waals surface area contributed by atoms with E-state index in [1.807, 2.05) is 0 Å². The molecule has 0 radical (unpaired) electrons. The molecule has 0 aliphatic rings. The fraction of sp³-hybridized carbons (Fsp3) is 0.571. The molecule has 0 aliphatic carbocycles. The summed E-state index contributed by atoms with van der Waals surface area (Å²) in [5.74, 6) is 0.492. The second-order valence-electron chi connectivity index (χ2n) is 2.49. The third kappa shape index (κ3) is 2.83. The minimum Gasteiger partial charge on any atom is -0.383 e. The van der Waals surface area contributed by atoms with Gasteiger partial charge in [0.25, 0.3) is 5.91 Å². The van der Waals surface area contributed by atoms with E-state index in [1.165, 1.54) is 0 Å². The van der Waals surface area contributed by atoms with Gasteiger partial charge in [0.2, 0.25) is 5.82 Å². The molecule has 1 amide bonds. The van der Waals surface area contributed by atoms with Gasteiger partial charge < -0.3 is 10.1 Å². The van der Waals surface area contributed by atoms with Crippen LogP contribution in [0, 0.1) is 6.92 Å². The summed E-state index contributed by atoms with van der Waals surface area (Å²) in [6.45, 7) is 2.68. The van der Waals surface area contributed by atoms with Crippen LogP contribution in [0.25, 0.3) is 0 Å². The standard InChI is InChI=1S/C7H12N4O2/c1-5-9-6(11-10-5)7(12)8-3-4-13-2/h3-4H2,1-2H3,(H,8,12)(H,9,10,11). The summed E-state index contributed by atoms with van der Waals surface area (Å²) in [5.41, 5.74) is 0. The summed E-state index contributed by atoms with van der Waals surface area (Å²) in [6, 6.07) is 0.